The number of aromatic nitrogens is 1. The molecule has 0 fully saturated rings. The van der Waals surface area contributed by atoms with Gasteiger partial charge in [0.1, 0.15) is 0 Å². The number of sulfonamides is 1. The lowest BCUT2D eigenvalue weighted by molar-refractivity contribution is -0.111. The van der Waals surface area contributed by atoms with Crippen LogP contribution in [0.2, 0.25) is 0 Å². The maximum absolute atomic E-state index is 12.4. The number of amides is 1. The van der Waals surface area contributed by atoms with Crippen molar-refractivity contribution in [2.75, 3.05) is 18.4 Å². The predicted octanol–water partition coefficient (Wildman–Crippen LogP) is 3.13. The average molecular weight is 380 g/mol. The van der Waals surface area contributed by atoms with Gasteiger partial charge in [0.2, 0.25) is 15.9 Å². The van der Waals surface area contributed by atoms with Crippen molar-refractivity contribution >= 4 is 39.0 Å². The second-order valence-electron chi connectivity index (χ2n) is 5.23. The van der Waals surface area contributed by atoms with Crippen LogP contribution in [0.4, 0.5) is 5.69 Å². The lowest BCUT2D eigenvalue weighted by Gasteiger charge is -2.18. The third-order valence-corrected chi connectivity index (χ3v) is 6.36. The fraction of sp³-hybridized carbons (Fsp3) is 0.294. The number of hydrogen-bond acceptors (Lipinski definition) is 5. The maximum Gasteiger partial charge on any atom is 0.248 e. The maximum atomic E-state index is 12.4. The fourth-order valence-electron chi connectivity index (χ4n) is 2.22. The van der Waals surface area contributed by atoms with Crippen LogP contribution in [0.3, 0.4) is 0 Å². The molecule has 0 saturated carbocycles. The molecule has 1 heterocycles. The molecule has 8 heteroatoms. The van der Waals surface area contributed by atoms with Crippen LogP contribution in [0, 0.1) is 6.92 Å². The molecule has 6 nitrogen and oxygen atoms in total. The molecule has 0 aliphatic carbocycles. The number of aryl methyl sites for hydroxylation is 1. The first-order chi connectivity index (χ1) is 11.9. The highest BCUT2D eigenvalue weighted by atomic mass is 32.2. The van der Waals surface area contributed by atoms with Crippen molar-refractivity contribution in [3.8, 4) is 0 Å². The number of rotatable bonds is 7. The summed E-state index contributed by atoms with van der Waals surface area (Å²) < 4.78 is 26.2. The summed E-state index contributed by atoms with van der Waals surface area (Å²) in [4.78, 5) is 16.4. The Morgan fingerprint density at radius 1 is 1.24 bits per heavy atom. The average Bonchev–Trinajstić information content (AvgIpc) is 3.00. The van der Waals surface area contributed by atoms with Gasteiger partial charge in [-0.05, 0) is 37.3 Å². The molecule has 0 atom stereocenters. The molecule has 1 aromatic carbocycles. The van der Waals surface area contributed by atoms with E-state index in [0.717, 1.165) is 10.7 Å². The largest absolute Gasteiger partial charge is 0.323 e. The monoisotopic (exact) mass is 379 g/mol. The Morgan fingerprint density at radius 3 is 2.40 bits per heavy atom. The highest BCUT2D eigenvalue weighted by molar-refractivity contribution is 7.89. The summed E-state index contributed by atoms with van der Waals surface area (Å²) in [5.41, 5.74) is 1.26. The van der Waals surface area contributed by atoms with Crippen molar-refractivity contribution in [3.63, 3.8) is 0 Å². The highest BCUT2D eigenvalue weighted by Gasteiger charge is 2.21. The molecular formula is C17H21N3O3S2. The number of nitrogens with zero attached hydrogens (tertiary/aromatic N) is 2. The number of anilines is 1. The van der Waals surface area contributed by atoms with Crippen LogP contribution in [0.25, 0.3) is 6.08 Å². The number of carbonyl (C=O) groups excluding carboxylic acids is 1. The topological polar surface area (TPSA) is 79.4 Å². The third kappa shape index (κ3) is 4.97. The van der Waals surface area contributed by atoms with Crippen molar-refractivity contribution in [1.82, 2.24) is 9.29 Å². The Labute approximate surface area is 152 Å². The molecule has 0 spiro atoms. The summed E-state index contributed by atoms with van der Waals surface area (Å²) >= 11 is 1.51. The van der Waals surface area contributed by atoms with Crippen LogP contribution in [0.5, 0.6) is 0 Å². The summed E-state index contributed by atoms with van der Waals surface area (Å²) in [6.07, 6.45) is 3.03. The minimum atomic E-state index is -3.49. The van der Waals surface area contributed by atoms with Crippen molar-refractivity contribution in [2.45, 2.75) is 25.7 Å². The molecule has 0 aliphatic rings. The lowest BCUT2D eigenvalue weighted by Crippen LogP contribution is -2.30. The molecule has 0 aliphatic heterocycles. The van der Waals surface area contributed by atoms with Gasteiger partial charge in [-0.3, -0.25) is 4.79 Å². The van der Waals surface area contributed by atoms with E-state index in [0.29, 0.717) is 18.8 Å². The van der Waals surface area contributed by atoms with Gasteiger partial charge in [-0.2, -0.15) is 4.31 Å². The summed E-state index contributed by atoms with van der Waals surface area (Å²) in [7, 11) is -3.49. The van der Waals surface area contributed by atoms with Crippen LogP contribution in [-0.2, 0) is 14.8 Å². The van der Waals surface area contributed by atoms with Crippen molar-refractivity contribution in [2.24, 2.45) is 0 Å². The predicted molar refractivity (Wildman–Crippen MR) is 101 cm³/mol. The first kappa shape index (κ1) is 19.3. The van der Waals surface area contributed by atoms with Gasteiger partial charge < -0.3 is 5.32 Å². The molecule has 1 N–H and O–H groups in total. The summed E-state index contributed by atoms with van der Waals surface area (Å²) in [5, 5.41) is 5.50. The van der Waals surface area contributed by atoms with E-state index in [-0.39, 0.29) is 10.8 Å². The van der Waals surface area contributed by atoms with Crippen molar-refractivity contribution in [1.29, 1.82) is 0 Å². The third-order valence-electron chi connectivity index (χ3n) is 3.51. The van der Waals surface area contributed by atoms with E-state index in [1.165, 1.54) is 33.9 Å². The Hall–Kier alpha value is -2.03. The summed E-state index contributed by atoms with van der Waals surface area (Å²) in [6.45, 7) is 6.32. The van der Waals surface area contributed by atoms with Crippen LogP contribution >= 0.6 is 11.3 Å². The van der Waals surface area contributed by atoms with E-state index in [9.17, 15) is 13.2 Å². The highest BCUT2D eigenvalue weighted by Crippen LogP contribution is 2.18. The van der Waals surface area contributed by atoms with Gasteiger partial charge in [-0.25, -0.2) is 13.4 Å². The van der Waals surface area contributed by atoms with Gasteiger partial charge in [0.05, 0.1) is 15.6 Å². The van der Waals surface area contributed by atoms with E-state index in [1.807, 2.05) is 12.3 Å². The second-order valence-corrected chi connectivity index (χ2v) is 8.23. The lowest BCUT2D eigenvalue weighted by atomic mass is 10.3. The molecule has 0 unspecified atom stereocenters. The minimum absolute atomic E-state index is 0.211. The van der Waals surface area contributed by atoms with E-state index < -0.39 is 10.0 Å². The number of nitrogens with one attached hydrogen (secondary N) is 1. The quantitative estimate of drug-likeness (QED) is 0.750. The van der Waals surface area contributed by atoms with Gasteiger partial charge in [-0.1, -0.05) is 13.8 Å². The van der Waals surface area contributed by atoms with Crippen LogP contribution in [0.15, 0.2) is 40.6 Å². The molecule has 25 heavy (non-hydrogen) atoms. The molecule has 2 rings (SSSR count). The van der Waals surface area contributed by atoms with Crippen LogP contribution < -0.4 is 5.32 Å². The Morgan fingerprint density at radius 2 is 1.88 bits per heavy atom. The first-order valence-electron chi connectivity index (χ1n) is 7.88. The van der Waals surface area contributed by atoms with E-state index in [1.54, 1.807) is 32.1 Å². The van der Waals surface area contributed by atoms with Gasteiger partial charge in [0.15, 0.2) is 0 Å². The standard InChI is InChI=1S/C17H21N3O3S2/c1-4-20(5-2)25(22,23)16-9-6-14(7-10-16)19-17(21)11-8-15-12-24-13(3)18-15/h6-12H,4-5H2,1-3H3,(H,19,21)/b11-8+. The molecule has 2 aromatic rings. The Kier molecular flexibility index (Phi) is 6.46. The van der Waals surface area contributed by atoms with Crippen molar-refractivity contribution in [3.05, 3.63) is 46.4 Å². The van der Waals surface area contributed by atoms with Crippen molar-refractivity contribution < 1.29 is 13.2 Å². The zero-order valence-electron chi connectivity index (χ0n) is 14.4. The van der Waals surface area contributed by atoms with Gasteiger partial charge in [0.25, 0.3) is 0 Å². The zero-order valence-corrected chi connectivity index (χ0v) is 16.0. The molecule has 0 saturated heterocycles. The number of carbonyl (C=O) groups is 1. The minimum Gasteiger partial charge on any atom is -0.323 e. The summed E-state index contributed by atoms with van der Waals surface area (Å²) in [5.74, 6) is -0.301. The number of thiazole rings is 1. The van der Waals surface area contributed by atoms with Gasteiger partial charge in [-0.15, -0.1) is 11.3 Å². The van der Waals surface area contributed by atoms with Crippen LogP contribution in [0.1, 0.15) is 24.5 Å². The van der Waals surface area contributed by atoms with Gasteiger partial charge >= 0.3 is 0 Å². The molecule has 1 aromatic heterocycles. The summed E-state index contributed by atoms with van der Waals surface area (Å²) in [6, 6.07) is 6.15. The number of benzene rings is 1. The fourth-order valence-corrected chi connectivity index (χ4v) is 4.26. The molecular weight excluding hydrogens is 358 g/mol. The SMILES string of the molecule is CCN(CC)S(=O)(=O)c1ccc(NC(=O)/C=C/c2csc(C)n2)cc1. The smallest absolute Gasteiger partial charge is 0.248 e. The van der Waals surface area contributed by atoms with E-state index >= 15 is 0 Å². The van der Waals surface area contributed by atoms with E-state index in [4.69, 9.17) is 0 Å². The van der Waals surface area contributed by atoms with Gasteiger partial charge in [0, 0.05) is 30.2 Å². The van der Waals surface area contributed by atoms with Crippen LogP contribution in [-0.4, -0.2) is 36.7 Å². The molecule has 134 valence electrons. The second kappa shape index (κ2) is 8.37. The Bertz CT molecular complexity index is 852. The zero-order chi connectivity index (χ0) is 18.4. The first-order valence-corrected chi connectivity index (χ1v) is 10.2. The Balaban J connectivity index is 2.05. The molecule has 0 radical (unpaired) electrons. The number of hydrogen-bond donors (Lipinski definition) is 1. The molecule has 1 amide bonds. The molecule has 0 bridgehead atoms. The normalized spacial score (nSPS) is 12.0. The van der Waals surface area contributed by atoms with E-state index in [2.05, 4.69) is 10.3 Å².